The van der Waals surface area contributed by atoms with Gasteiger partial charge in [-0.2, -0.15) is 0 Å². The van der Waals surface area contributed by atoms with E-state index in [1.165, 1.54) is 4.90 Å². The van der Waals surface area contributed by atoms with Crippen LogP contribution in [0.2, 0.25) is 10.0 Å². The maximum Gasteiger partial charge on any atom is 0.340 e. The highest BCUT2D eigenvalue weighted by Gasteiger charge is 2.45. The molecule has 0 N–H and O–H groups in total. The van der Waals surface area contributed by atoms with Gasteiger partial charge in [-0.05, 0) is 62.6 Å². The molecule has 8 heteroatoms. The predicted molar refractivity (Wildman–Crippen MR) is 104 cm³/mol. The number of benzene rings is 2. The number of anilines is 2. The van der Waals surface area contributed by atoms with Gasteiger partial charge in [-0.1, -0.05) is 23.2 Å². The number of amides is 4. The Balaban J connectivity index is 2.09. The molecule has 136 valence electrons. The van der Waals surface area contributed by atoms with E-state index in [2.05, 4.69) is 0 Å². The number of urea groups is 2. The minimum absolute atomic E-state index is 0.416. The molecule has 0 bridgehead atoms. The van der Waals surface area contributed by atoms with Crippen molar-refractivity contribution in [3.8, 4) is 0 Å². The van der Waals surface area contributed by atoms with Crippen molar-refractivity contribution in [3.63, 3.8) is 0 Å². The molecule has 0 saturated carbocycles. The monoisotopic (exact) mass is 392 g/mol. The van der Waals surface area contributed by atoms with Crippen molar-refractivity contribution < 1.29 is 9.59 Å². The van der Waals surface area contributed by atoms with Gasteiger partial charge in [0.25, 0.3) is 0 Å². The Morgan fingerprint density at radius 2 is 1.27 bits per heavy atom. The lowest BCUT2D eigenvalue weighted by Crippen LogP contribution is -2.69. The van der Waals surface area contributed by atoms with Gasteiger partial charge in [0.05, 0.1) is 5.69 Å². The molecule has 1 atom stereocenters. The van der Waals surface area contributed by atoms with E-state index in [0.717, 1.165) is 4.90 Å². The van der Waals surface area contributed by atoms with Gasteiger partial charge in [0.1, 0.15) is 0 Å². The van der Waals surface area contributed by atoms with Gasteiger partial charge in [-0.25, -0.2) is 14.5 Å². The Morgan fingerprint density at radius 3 is 1.73 bits per heavy atom. The number of rotatable bonds is 3. The second-order valence-electron chi connectivity index (χ2n) is 6.14. The van der Waals surface area contributed by atoms with E-state index in [1.807, 2.05) is 14.1 Å². The fourth-order valence-corrected chi connectivity index (χ4v) is 3.20. The van der Waals surface area contributed by atoms with E-state index >= 15 is 0 Å². The first kappa shape index (κ1) is 18.5. The zero-order valence-corrected chi connectivity index (χ0v) is 16.1. The molecule has 1 aliphatic rings. The molecule has 0 spiro atoms. The summed E-state index contributed by atoms with van der Waals surface area (Å²) in [6, 6.07) is 12.6. The molecule has 0 aliphatic carbocycles. The molecule has 1 unspecified atom stereocenters. The van der Waals surface area contributed by atoms with Crippen LogP contribution in [-0.2, 0) is 0 Å². The standard InChI is InChI=1S/C18H18Cl2N4O2/c1-21(2)16-22(3)17(25)24(15-10-6-13(20)7-11-15)18(26)23(16)14-8-4-12(19)5-9-14/h4-11,16H,1-3H3. The highest BCUT2D eigenvalue weighted by Crippen LogP contribution is 2.31. The number of hydrogen-bond acceptors (Lipinski definition) is 3. The summed E-state index contributed by atoms with van der Waals surface area (Å²) in [5, 5.41) is 1.10. The number of carbonyl (C=O) groups excluding carboxylic acids is 2. The van der Waals surface area contributed by atoms with Crippen LogP contribution < -0.4 is 9.80 Å². The summed E-state index contributed by atoms with van der Waals surface area (Å²) in [4.78, 5) is 32.1. The minimum atomic E-state index is -0.570. The number of hydrogen-bond donors (Lipinski definition) is 0. The van der Waals surface area contributed by atoms with Crippen LogP contribution in [0.4, 0.5) is 21.0 Å². The second kappa shape index (κ2) is 7.15. The first-order valence-electron chi connectivity index (χ1n) is 7.89. The van der Waals surface area contributed by atoms with Crippen molar-refractivity contribution in [2.45, 2.75) is 6.29 Å². The largest absolute Gasteiger partial charge is 0.340 e. The van der Waals surface area contributed by atoms with Crippen LogP contribution in [0.15, 0.2) is 48.5 Å². The molecule has 0 aromatic heterocycles. The van der Waals surface area contributed by atoms with Gasteiger partial charge in [0.2, 0.25) is 0 Å². The third-order valence-corrected chi connectivity index (χ3v) is 4.62. The maximum absolute atomic E-state index is 13.3. The first-order chi connectivity index (χ1) is 12.3. The van der Waals surface area contributed by atoms with Gasteiger partial charge in [-0.15, -0.1) is 0 Å². The molecule has 1 saturated heterocycles. The minimum Gasteiger partial charge on any atom is -0.293 e. The summed E-state index contributed by atoms with van der Waals surface area (Å²) in [6.07, 6.45) is -0.570. The quantitative estimate of drug-likeness (QED) is 0.780. The zero-order chi connectivity index (χ0) is 19.0. The zero-order valence-electron chi connectivity index (χ0n) is 14.6. The number of imide groups is 1. The highest BCUT2D eigenvalue weighted by molar-refractivity contribution is 6.31. The Bertz CT molecular complexity index is 824. The fraction of sp³-hybridized carbons (Fsp3) is 0.222. The smallest absolute Gasteiger partial charge is 0.293 e. The molecule has 1 heterocycles. The molecule has 2 aromatic carbocycles. The van der Waals surface area contributed by atoms with Crippen molar-refractivity contribution in [2.75, 3.05) is 30.9 Å². The SMILES string of the molecule is CN(C)C1N(C)C(=O)N(c2ccc(Cl)cc2)C(=O)N1c1ccc(Cl)cc1. The summed E-state index contributed by atoms with van der Waals surface area (Å²) in [5.41, 5.74) is 1.09. The number of carbonyl (C=O) groups is 2. The highest BCUT2D eigenvalue weighted by atomic mass is 35.5. The van der Waals surface area contributed by atoms with Crippen LogP contribution in [0.1, 0.15) is 0 Å². The van der Waals surface area contributed by atoms with Crippen LogP contribution in [0, 0.1) is 0 Å². The van der Waals surface area contributed by atoms with Crippen molar-refractivity contribution in [1.82, 2.24) is 9.80 Å². The average Bonchev–Trinajstić information content (AvgIpc) is 2.60. The van der Waals surface area contributed by atoms with Crippen LogP contribution in [-0.4, -0.2) is 49.3 Å². The van der Waals surface area contributed by atoms with Gasteiger partial charge >= 0.3 is 12.1 Å². The molecule has 1 fully saturated rings. The predicted octanol–water partition coefficient (Wildman–Crippen LogP) is 4.34. The number of nitrogens with zero attached hydrogens (tertiary/aromatic N) is 4. The lowest BCUT2D eigenvalue weighted by molar-refractivity contribution is 0.113. The molecule has 26 heavy (non-hydrogen) atoms. The first-order valence-corrected chi connectivity index (χ1v) is 8.64. The van der Waals surface area contributed by atoms with Crippen LogP contribution in [0.5, 0.6) is 0 Å². The van der Waals surface area contributed by atoms with Gasteiger partial charge < -0.3 is 0 Å². The van der Waals surface area contributed by atoms with Crippen molar-refractivity contribution in [3.05, 3.63) is 58.6 Å². The van der Waals surface area contributed by atoms with Gasteiger partial charge in [0.15, 0.2) is 6.29 Å². The van der Waals surface area contributed by atoms with E-state index in [0.29, 0.717) is 21.4 Å². The molecule has 2 aromatic rings. The topological polar surface area (TPSA) is 47.1 Å². The molecule has 1 aliphatic heterocycles. The summed E-state index contributed by atoms with van der Waals surface area (Å²) in [7, 11) is 5.27. The fourth-order valence-electron chi connectivity index (χ4n) is 2.95. The van der Waals surface area contributed by atoms with Crippen LogP contribution >= 0.6 is 23.2 Å². The maximum atomic E-state index is 13.3. The van der Waals surface area contributed by atoms with E-state index in [9.17, 15) is 9.59 Å². The van der Waals surface area contributed by atoms with Crippen molar-refractivity contribution >= 4 is 46.6 Å². The molecule has 4 amide bonds. The average molecular weight is 393 g/mol. The van der Waals surface area contributed by atoms with Crippen LogP contribution in [0.3, 0.4) is 0 Å². The van der Waals surface area contributed by atoms with Crippen molar-refractivity contribution in [1.29, 1.82) is 0 Å². The molecule has 3 rings (SSSR count). The Morgan fingerprint density at radius 1 is 0.808 bits per heavy atom. The summed E-state index contributed by atoms with van der Waals surface area (Å²) >= 11 is 11.9. The molecular formula is C18H18Cl2N4O2. The summed E-state index contributed by atoms with van der Waals surface area (Å²) in [5.74, 6) is 0. The van der Waals surface area contributed by atoms with E-state index in [-0.39, 0.29) is 0 Å². The number of halogens is 2. The Hall–Kier alpha value is -2.28. The lowest BCUT2D eigenvalue weighted by atomic mass is 10.2. The van der Waals surface area contributed by atoms with Gasteiger partial charge in [0, 0.05) is 22.8 Å². The Kier molecular flexibility index (Phi) is 5.09. The van der Waals surface area contributed by atoms with Crippen molar-refractivity contribution in [2.24, 2.45) is 0 Å². The van der Waals surface area contributed by atoms with Gasteiger partial charge in [-0.3, -0.25) is 14.7 Å². The molecular weight excluding hydrogens is 375 g/mol. The molecule has 6 nitrogen and oxygen atoms in total. The Labute approximate surface area is 162 Å². The summed E-state index contributed by atoms with van der Waals surface area (Å²) < 4.78 is 0. The third kappa shape index (κ3) is 3.23. The third-order valence-electron chi connectivity index (χ3n) is 4.12. The second-order valence-corrected chi connectivity index (χ2v) is 7.02. The normalized spacial score (nSPS) is 18.1. The lowest BCUT2D eigenvalue weighted by Gasteiger charge is -2.48. The van der Waals surface area contributed by atoms with Crippen LogP contribution in [0.25, 0.3) is 0 Å². The molecule has 0 radical (unpaired) electrons. The van der Waals surface area contributed by atoms with E-state index < -0.39 is 18.4 Å². The van der Waals surface area contributed by atoms with E-state index in [1.54, 1.807) is 65.4 Å². The van der Waals surface area contributed by atoms with E-state index in [4.69, 9.17) is 23.2 Å². The summed E-state index contributed by atoms with van der Waals surface area (Å²) in [6.45, 7) is 0.